The Morgan fingerprint density at radius 2 is 1.16 bits per heavy atom. The highest BCUT2D eigenvalue weighted by Crippen LogP contribution is 2.39. The van der Waals surface area contributed by atoms with Gasteiger partial charge in [0.25, 0.3) is 0 Å². The van der Waals surface area contributed by atoms with E-state index < -0.39 is 17.4 Å². The molecule has 2 N–H and O–H groups in total. The van der Waals surface area contributed by atoms with E-state index in [1.807, 2.05) is 30.3 Å². The lowest BCUT2D eigenvalue weighted by Gasteiger charge is -2.47. The summed E-state index contributed by atoms with van der Waals surface area (Å²) in [6, 6.07) is 9.81. The van der Waals surface area contributed by atoms with Gasteiger partial charge in [-0.25, -0.2) is 0 Å². The molecule has 2 aliphatic heterocycles. The molecule has 2 heterocycles. The van der Waals surface area contributed by atoms with Crippen LogP contribution in [0.3, 0.4) is 0 Å². The van der Waals surface area contributed by atoms with Crippen molar-refractivity contribution in [1.29, 1.82) is 0 Å². The van der Waals surface area contributed by atoms with Crippen molar-refractivity contribution in [3.05, 3.63) is 35.9 Å². The molecule has 6 heteroatoms. The molecule has 0 amide bonds. The average Bonchev–Trinajstić information content (AvgIpc) is 2.72. The molecule has 214 valence electrons. The van der Waals surface area contributed by atoms with Gasteiger partial charge in [0.1, 0.15) is 12.2 Å². The maximum absolute atomic E-state index is 14.2. The van der Waals surface area contributed by atoms with E-state index in [1.54, 1.807) is 0 Å². The standard InChI is InChI=1S/C32H52N2O4/c1-10-11-17-32(18-23-15-13-12-14-16-23,26(35)37-24-19-28(2,3)33-29(4,5)20-24)27(36)38-25-21-30(6,7)34-31(8,9)22-25/h12-16,24-25,33-34H,10-11,17-22H2,1-9H3. The molecule has 1 aromatic carbocycles. The Hall–Kier alpha value is -1.92. The quantitative estimate of drug-likeness (QED) is 0.297. The van der Waals surface area contributed by atoms with Gasteiger partial charge in [-0.2, -0.15) is 0 Å². The highest BCUT2D eigenvalue weighted by molar-refractivity contribution is 6.00. The van der Waals surface area contributed by atoms with Gasteiger partial charge in [-0.3, -0.25) is 9.59 Å². The van der Waals surface area contributed by atoms with Gasteiger partial charge in [-0.05, 0) is 73.8 Å². The normalized spacial score (nSPS) is 23.0. The molecule has 0 unspecified atom stereocenters. The molecular formula is C32H52N2O4. The van der Waals surface area contributed by atoms with Crippen molar-refractivity contribution in [2.24, 2.45) is 5.41 Å². The summed E-state index contributed by atoms with van der Waals surface area (Å²) in [5.41, 5.74) is -1.14. The third kappa shape index (κ3) is 8.05. The summed E-state index contributed by atoms with van der Waals surface area (Å²) in [6.07, 6.45) is 4.55. The van der Waals surface area contributed by atoms with Crippen LogP contribution in [-0.2, 0) is 25.5 Å². The Labute approximate surface area is 231 Å². The van der Waals surface area contributed by atoms with E-state index in [0.717, 1.165) is 18.4 Å². The van der Waals surface area contributed by atoms with Crippen LogP contribution in [0.2, 0.25) is 0 Å². The van der Waals surface area contributed by atoms with Gasteiger partial charge in [0.2, 0.25) is 0 Å². The first-order valence-corrected chi connectivity index (χ1v) is 14.5. The fraction of sp³-hybridized carbons (Fsp3) is 0.750. The van der Waals surface area contributed by atoms with Crippen molar-refractivity contribution >= 4 is 11.9 Å². The predicted molar refractivity (Wildman–Crippen MR) is 153 cm³/mol. The summed E-state index contributed by atoms with van der Waals surface area (Å²) in [5.74, 6) is -0.878. The number of hydrogen-bond acceptors (Lipinski definition) is 6. The summed E-state index contributed by atoms with van der Waals surface area (Å²) in [4.78, 5) is 28.5. The molecule has 0 saturated carbocycles. The molecule has 0 aromatic heterocycles. The molecule has 0 aliphatic carbocycles. The summed E-state index contributed by atoms with van der Waals surface area (Å²) in [7, 11) is 0. The molecule has 2 saturated heterocycles. The number of carbonyl (C=O) groups is 2. The fourth-order valence-corrected chi connectivity index (χ4v) is 7.10. The number of esters is 2. The molecule has 3 rings (SSSR count). The van der Waals surface area contributed by atoms with Crippen LogP contribution in [-0.4, -0.2) is 46.3 Å². The Kier molecular flexibility index (Phi) is 9.10. The van der Waals surface area contributed by atoms with Gasteiger partial charge < -0.3 is 20.1 Å². The van der Waals surface area contributed by atoms with Crippen molar-refractivity contribution in [2.45, 2.75) is 148 Å². The third-order valence-electron chi connectivity index (χ3n) is 7.94. The minimum atomic E-state index is -1.38. The molecule has 0 spiro atoms. The molecular weight excluding hydrogens is 476 g/mol. The van der Waals surface area contributed by atoms with Crippen LogP contribution in [0, 0.1) is 5.41 Å². The summed E-state index contributed by atoms with van der Waals surface area (Å²) >= 11 is 0. The van der Waals surface area contributed by atoms with Crippen LogP contribution in [0.5, 0.6) is 0 Å². The highest BCUT2D eigenvalue weighted by Gasteiger charge is 2.52. The molecule has 0 radical (unpaired) electrons. The predicted octanol–water partition coefficient (Wildman–Crippen LogP) is 6.11. The van der Waals surface area contributed by atoms with Crippen molar-refractivity contribution in [3.8, 4) is 0 Å². The second-order valence-corrected chi connectivity index (χ2v) is 14.5. The Bertz CT molecular complexity index is 883. The first-order valence-electron chi connectivity index (χ1n) is 14.5. The van der Waals surface area contributed by atoms with Gasteiger partial charge in [0, 0.05) is 47.8 Å². The molecule has 2 aliphatic rings. The topological polar surface area (TPSA) is 76.7 Å². The van der Waals surface area contributed by atoms with Crippen LogP contribution in [0.15, 0.2) is 30.3 Å². The molecule has 0 atom stereocenters. The summed E-state index contributed by atoms with van der Waals surface area (Å²) in [6.45, 7) is 19.2. The van der Waals surface area contributed by atoms with Gasteiger partial charge in [0.15, 0.2) is 5.41 Å². The molecule has 6 nitrogen and oxygen atoms in total. The zero-order valence-electron chi connectivity index (χ0n) is 25.3. The van der Waals surface area contributed by atoms with Crippen LogP contribution >= 0.6 is 0 Å². The second kappa shape index (κ2) is 11.3. The minimum Gasteiger partial charge on any atom is -0.461 e. The monoisotopic (exact) mass is 528 g/mol. The number of ether oxygens (including phenoxy) is 2. The number of rotatable bonds is 9. The van der Waals surface area contributed by atoms with E-state index in [4.69, 9.17) is 9.47 Å². The maximum Gasteiger partial charge on any atom is 0.324 e. The Morgan fingerprint density at radius 3 is 1.53 bits per heavy atom. The fourth-order valence-electron chi connectivity index (χ4n) is 7.10. The van der Waals surface area contributed by atoms with Crippen molar-refractivity contribution < 1.29 is 19.1 Å². The maximum atomic E-state index is 14.2. The smallest absolute Gasteiger partial charge is 0.324 e. The van der Waals surface area contributed by atoms with Crippen LogP contribution in [0.25, 0.3) is 0 Å². The molecule has 0 bridgehead atoms. The highest BCUT2D eigenvalue weighted by atomic mass is 16.6. The van der Waals surface area contributed by atoms with Gasteiger partial charge in [-0.1, -0.05) is 50.1 Å². The lowest BCUT2D eigenvalue weighted by molar-refractivity contribution is -0.183. The van der Waals surface area contributed by atoms with E-state index in [0.29, 0.717) is 32.1 Å². The van der Waals surface area contributed by atoms with E-state index >= 15 is 0 Å². The lowest BCUT2D eigenvalue weighted by Crippen LogP contribution is -2.61. The average molecular weight is 529 g/mol. The van der Waals surface area contributed by atoms with Gasteiger partial charge in [-0.15, -0.1) is 0 Å². The summed E-state index contributed by atoms with van der Waals surface area (Å²) in [5, 5.41) is 7.30. The van der Waals surface area contributed by atoms with E-state index in [2.05, 4.69) is 72.9 Å². The van der Waals surface area contributed by atoms with Gasteiger partial charge >= 0.3 is 11.9 Å². The minimum absolute atomic E-state index is 0.176. The number of unbranched alkanes of at least 4 members (excludes halogenated alkanes) is 1. The van der Waals surface area contributed by atoms with Crippen molar-refractivity contribution in [1.82, 2.24) is 10.6 Å². The van der Waals surface area contributed by atoms with E-state index in [-0.39, 0.29) is 40.8 Å². The molecule has 1 aromatic rings. The first-order chi connectivity index (χ1) is 17.5. The number of piperidine rings is 2. The first kappa shape index (κ1) is 30.6. The lowest BCUT2D eigenvalue weighted by atomic mass is 9.76. The zero-order chi connectivity index (χ0) is 28.4. The largest absolute Gasteiger partial charge is 0.461 e. The van der Waals surface area contributed by atoms with Crippen LogP contribution in [0.4, 0.5) is 0 Å². The van der Waals surface area contributed by atoms with Crippen molar-refractivity contribution in [3.63, 3.8) is 0 Å². The number of nitrogens with one attached hydrogen (secondary N) is 2. The number of carbonyl (C=O) groups excluding carboxylic acids is 2. The van der Waals surface area contributed by atoms with Gasteiger partial charge in [0.05, 0.1) is 0 Å². The molecule has 2 fully saturated rings. The Morgan fingerprint density at radius 1 is 0.763 bits per heavy atom. The number of benzene rings is 1. The third-order valence-corrected chi connectivity index (χ3v) is 7.94. The van der Waals surface area contributed by atoms with Crippen LogP contribution < -0.4 is 10.6 Å². The van der Waals surface area contributed by atoms with Crippen LogP contribution in [0.1, 0.15) is 113 Å². The summed E-state index contributed by atoms with van der Waals surface area (Å²) < 4.78 is 12.6. The Balaban J connectivity index is 1.95. The zero-order valence-corrected chi connectivity index (χ0v) is 25.3. The SMILES string of the molecule is CCCCC(Cc1ccccc1)(C(=O)OC1CC(C)(C)NC(C)(C)C1)C(=O)OC1CC(C)(C)NC(C)(C)C1. The molecule has 38 heavy (non-hydrogen) atoms. The second-order valence-electron chi connectivity index (χ2n) is 14.5. The van der Waals surface area contributed by atoms with E-state index in [1.165, 1.54) is 0 Å². The van der Waals surface area contributed by atoms with E-state index in [9.17, 15) is 9.59 Å². The van der Waals surface area contributed by atoms with Crippen molar-refractivity contribution in [2.75, 3.05) is 0 Å². The number of hydrogen-bond donors (Lipinski definition) is 2.